The van der Waals surface area contributed by atoms with E-state index in [0.29, 0.717) is 13.1 Å². The SMILES string of the molecule is CCN(CC)C(=O)C(=C[C]=O)C(=O)CN. The molecule has 0 heterocycles. The quantitative estimate of drug-likeness (QED) is 0.362. The standard InChI is InChI=1S/C10H15N2O3/c1-3-12(4-2)10(15)8(5-6-13)9(14)7-11/h5H,3-4,7,11H2,1-2H3. The Bertz CT molecular complexity index is 280. The number of rotatable bonds is 6. The molecule has 0 aromatic rings. The van der Waals surface area contributed by atoms with Crippen LogP contribution in [0, 0.1) is 0 Å². The molecule has 0 aromatic carbocycles. The first-order chi connectivity index (χ1) is 7.12. The Balaban J connectivity index is 4.93. The van der Waals surface area contributed by atoms with Crippen LogP contribution in [0.1, 0.15) is 13.8 Å². The highest BCUT2D eigenvalue weighted by Crippen LogP contribution is 2.02. The van der Waals surface area contributed by atoms with Gasteiger partial charge in [0, 0.05) is 19.2 Å². The molecule has 0 rings (SSSR count). The van der Waals surface area contributed by atoms with Crippen molar-refractivity contribution in [2.24, 2.45) is 5.73 Å². The van der Waals surface area contributed by atoms with E-state index in [1.54, 1.807) is 13.8 Å². The number of ketones is 1. The van der Waals surface area contributed by atoms with Crippen LogP contribution in [0.25, 0.3) is 0 Å². The summed E-state index contributed by atoms with van der Waals surface area (Å²) in [5.74, 6) is -1.02. The summed E-state index contributed by atoms with van der Waals surface area (Å²) in [6, 6.07) is 0. The number of carbonyl (C=O) groups is 2. The molecule has 0 unspecified atom stereocenters. The van der Waals surface area contributed by atoms with Crippen molar-refractivity contribution in [3.8, 4) is 0 Å². The van der Waals surface area contributed by atoms with Gasteiger partial charge < -0.3 is 10.6 Å². The number of nitrogens with zero attached hydrogens (tertiary/aromatic N) is 1. The lowest BCUT2D eigenvalue weighted by molar-refractivity contribution is -0.129. The number of amides is 1. The average molecular weight is 211 g/mol. The first kappa shape index (κ1) is 13.5. The summed E-state index contributed by atoms with van der Waals surface area (Å²) < 4.78 is 0. The van der Waals surface area contributed by atoms with Crippen LogP contribution in [0.5, 0.6) is 0 Å². The van der Waals surface area contributed by atoms with E-state index in [1.165, 1.54) is 11.2 Å². The second-order valence-electron chi connectivity index (χ2n) is 2.78. The van der Waals surface area contributed by atoms with Gasteiger partial charge in [0.2, 0.25) is 6.29 Å². The summed E-state index contributed by atoms with van der Waals surface area (Å²) in [7, 11) is 0. The van der Waals surface area contributed by atoms with Crippen molar-refractivity contribution in [1.29, 1.82) is 0 Å². The number of Topliss-reactive ketones (excluding diaryl/α,β-unsaturated/α-hetero) is 1. The molecule has 0 fully saturated rings. The average Bonchev–Trinajstić information content (AvgIpc) is 2.26. The monoisotopic (exact) mass is 211 g/mol. The molecule has 0 aliphatic carbocycles. The van der Waals surface area contributed by atoms with E-state index in [0.717, 1.165) is 6.08 Å². The predicted molar refractivity (Wildman–Crippen MR) is 55.8 cm³/mol. The Hall–Kier alpha value is -1.49. The number of hydrogen-bond donors (Lipinski definition) is 1. The minimum atomic E-state index is -0.546. The molecule has 0 saturated carbocycles. The van der Waals surface area contributed by atoms with E-state index < -0.39 is 11.7 Å². The first-order valence-electron chi connectivity index (χ1n) is 4.72. The molecule has 5 nitrogen and oxygen atoms in total. The zero-order chi connectivity index (χ0) is 11.8. The second-order valence-corrected chi connectivity index (χ2v) is 2.78. The molecule has 0 aliphatic heterocycles. The number of nitrogens with two attached hydrogens (primary N) is 1. The third kappa shape index (κ3) is 3.63. The molecule has 0 spiro atoms. The fraction of sp³-hybridized carbons (Fsp3) is 0.500. The number of likely N-dealkylation sites (N-methyl/N-ethyl adjacent to an activating group) is 1. The van der Waals surface area contributed by atoms with Gasteiger partial charge in [-0.25, -0.2) is 0 Å². The Morgan fingerprint density at radius 3 is 2.20 bits per heavy atom. The van der Waals surface area contributed by atoms with Crippen LogP contribution in [-0.2, 0) is 14.4 Å². The topological polar surface area (TPSA) is 80.5 Å². The van der Waals surface area contributed by atoms with E-state index in [4.69, 9.17) is 5.73 Å². The van der Waals surface area contributed by atoms with Gasteiger partial charge in [-0.1, -0.05) is 0 Å². The molecule has 0 atom stereocenters. The fourth-order valence-corrected chi connectivity index (χ4v) is 1.11. The number of allylic oxidation sites excluding steroid dienone is 1. The smallest absolute Gasteiger partial charge is 0.257 e. The van der Waals surface area contributed by atoms with Gasteiger partial charge in [0.25, 0.3) is 5.91 Å². The van der Waals surface area contributed by atoms with E-state index >= 15 is 0 Å². The molecule has 2 N–H and O–H groups in total. The van der Waals surface area contributed by atoms with Crippen molar-refractivity contribution in [3.63, 3.8) is 0 Å². The molecule has 0 saturated heterocycles. The summed E-state index contributed by atoms with van der Waals surface area (Å²) >= 11 is 0. The Morgan fingerprint density at radius 1 is 1.33 bits per heavy atom. The third-order valence-electron chi connectivity index (χ3n) is 1.97. The maximum atomic E-state index is 11.7. The number of hydrogen-bond acceptors (Lipinski definition) is 4. The van der Waals surface area contributed by atoms with Gasteiger partial charge in [0.15, 0.2) is 5.78 Å². The maximum absolute atomic E-state index is 11.7. The zero-order valence-electron chi connectivity index (χ0n) is 8.95. The lowest BCUT2D eigenvalue weighted by atomic mass is 10.1. The summed E-state index contributed by atoms with van der Waals surface area (Å²) in [5.41, 5.74) is 4.94. The number of carbonyl (C=O) groups excluding carboxylic acids is 3. The molecule has 0 aliphatic rings. The Labute approximate surface area is 88.9 Å². The van der Waals surface area contributed by atoms with Crippen LogP contribution < -0.4 is 5.73 Å². The highest BCUT2D eigenvalue weighted by molar-refractivity contribution is 6.21. The van der Waals surface area contributed by atoms with E-state index in [1.807, 2.05) is 0 Å². The Kier molecular flexibility index (Phi) is 6.21. The van der Waals surface area contributed by atoms with Crippen LogP contribution in [-0.4, -0.2) is 42.5 Å². The first-order valence-corrected chi connectivity index (χ1v) is 4.72. The van der Waals surface area contributed by atoms with E-state index in [9.17, 15) is 14.4 Å². The van der Waals surface area contributed by atoms with Crippen molar-refractivity contribution >= 4 is 18.0 Å². The van der Waals surface area contributed by atoms with Crippen LogP contribution in [0.15, 0.2) is 11.6 Å². The van der Waals surface area contributed by atoms with Crippen molar-refractivity contribution in [2.75, 3.05) is 19.6 Å². The molecular weight excluding hydrogens is 196 g/mol. The molecule has 5 heteroatoms. The van der Waals surface area contributed by atoms with Crippen LogP contribution >= 0.6 is 0 Å². The second kappa shape index (κ2) is 6.89. The minimum absolute atomic E-state index is 0.198. The molecule has 15 heavy (non-hydrogen) atoms. The lowest BCUT2D eigenvalue weighted by Gasteiger charge is -2.19. The van der Waals surface area contributed by atoms with Gasteiger partial charge in [-0.15, -0.1) is 0 Å². The molecular formula is C10H15N2O3. The molecule has 0 aromatic heterocycles. The van der Waals surface area contributed by atoms with Crippen LogP contribution in [0.4, 0.5) is 0 Å². The summed E-state index contributed by atoms with van der Waals surface area (Å²) in [6.45, 7) is 4.24. The van der Waals surface area contributed by atoms with Crippen molar-refractivity contribution in [3.05, 3.63) is 11.6 Å². The van der Waals surface area contributed by atoms with E-state index in [2.05, 4.69) is 0 Å². The van der Waals surface area contributed by atoms with Gasteiger partial charge in [0.1, 0.15) is 0 Å². The minimum Gasteiger partial charge on any atom is -0.339 e. The molecule has 0 bridgehead atoms. The maximum Gasteiger partial charge on any atom is 0.257 e. The van der Waals surface area contributed by atoms with E-state index in [-0.39, 0.29) is 12.1 Å². The fourth-order valence-electron chi connectivity index (χ4n) is 1.11. The van der Waals surface area contributed by atoms with Crippen molar-refractivity contribution in [2.45, 2.75) is 13.8 Å². The highest BCUT2D eigenvalue weighted by atomic mass is 16.2. The van der Waals surface area contributed by atoms with Crippen molar-refractivity contribution < 1.29 is 14.4 Å². The van der Waals surface area contributed by atoms with Gasteiger partial charge >= 0.3 is 0 Å². The summed E-state index contributed by atoms with van der Waals surface area (Å²) in [4.78, 5) is 34.6. The Morgan fingerprint density at radius 2 is 1.87 bits per heavy atom. The van der Waals surface area contributed by atoms with Gasteiger partial charge in [-0.05, 0) is 13.8 Å². The van der Waals surface area contributed by atoms with Gasteiger partial charge in [-0.3, -0.25) is 14.4 Å². The van der Waals surface area contributed by atoms with Gasteiger partial charge in [0.05, 0.1) is 12.1 Å². The lowest BCUT2D eigenvalue weighted by Crippen LogP contribution is -2.35. The van der Waals surface area contributed by atoms with Crippen molar-refractivity contribution in [1.82, 2.24) is 4.90 Å². The predicted octanol–water partition coefficient (Wildman–Crippen LogP) is -0.581. The molecule has 1 radical (unpaired) electrons. The summed E-state index contributed by atoms with van der Waals surface area (Å²) in [5, 5.41) is 0. The highest BCUT2D eigenvalue weighted by Gasteiger charge is 2.20. The van der Waals surface area contributed by atoms with Gasteiger partial charge in [-0.2, -0.15) is 0 Å². The zero-order valence-corrected chi connectivity index (χ0v) is 8.95. The van der Waals surface area contributed by atoms with Crippen LogP contribution in [0.3, 0.4) is 0 Å². The molecule has 1 amide bonds. The largest absolute Gasteiger partial charge is 0.339 e. The molecule has 83 valence electrons. The normalized spacial score (nSPS) is 11.0. The third-order valence-corrected chi connectivity index (χ3v) is 1.97. The summed E-state index contributed by atoms with van der Waals surface area (Å²) in [6.07, 6.45) is 2.27. The van der Waals surface area contributed by atoms with Crippen LogP contribution in [0.2, 0.25) is 0 Å².